The molecule has 2 rings (SSSR count). The zero-order valence-electron chi connectivity index (χ0n) is 11.9. The second-order valence-corrected chi connectivity index (χ2v) is 4.51. The summed E-state index contributed by atoms with van der Waals surface area (Å²) < 4.78 is 0. The van der Waals surface area contributed by atoms with Gasteiger partial charge in [0.05, 0.1) is 11.7 Å². The smallest absolute Gasteiger partial charge is 0.167 e. The predicted molar refractivity (Wildman–Crippen MR) is 76.1 cm³/mol. The summed E-state index contributed by atoms with van der Waals surface area (Å²) in [4.78, 5) is 7.24. The maximum Gasteiger partial charge on any atom is 0.167 e. The Kier molecular flexibility index (Phi) is 4.31. The van der Waals surface area contributed by atoms with Gasteiger partial charge >= 0.3 is 0 Å². The highest BCUT2D eigenvalue weighted by atomic mass is 15.2. The Hall–Kier alpha value is -2.42. The lowest BCUT2D eigenvalue weighted by Gasteiger charge is -2.15. The third kappa shape index (κ3) is 2.62. The monoisotopic (exact) mass is 270 g/mol. The number of rotatable bonds is 5. The highest BCUT2D eigenvalue weighted by Gasteiger charge is 2.17. The van der Waals surface area contributed by atoms with Crippen LogP contribution in [0, 0.1) is 11.3 Å². The molecule has 2 N–H and O–H groups in total. The first-order valence-electron chi connectivity index (χ1n) is 6.75. The van der Waals surface area contributed by atoms with Crippen LogP contribution in [-0.2, 0) is 12.8 Å². The van der Waals surface area contributed by atoms with Crippen molar-refractivity contribution in [1.82, 2.24) is 20.2 Å². The van der Waals surface area contributed by atoms with Crippen LogP contribution in [0.3, 0.4) is 0 Å². The first kappa shape index (κ1) is 14.0. The van der Waals surface area contributed by atoms with Gasteiger partial charge in [-0.15, -0.1) is 5.10 Å². The van der Waals surface area contributed by atoms with Crippen LogP contribution >= 0.6 is 0 Å². The third-order valence-corrected chi connectivity index (χ3v) is 3.24. The molecular weight excluding hydrogens is 252 g/mol. The number of anilines is 1. The number of aromatic amines is 1. The van der Waals surface area contributed by atoms with E-state index in [9.17, 15) is 5.26 Å². The molecule has 6 heteroatoms. The maximum atomic E-state index is 9.41. The van der Waals surface area contributed by atoms with Gasteiger partial charge in [0.15, 0.2) is 5.82 Å². The number of hydrogen-bond donors (Lipinski definition) is 2. The summed E-state index contributed by atoms with van der Waals surface area (Å²) in [5, 5.41) is 21.0. The molecule has 2 heterocycles. The molecule has 1 unspecified atom stereocenters. The van der Waals surface area contributed by atoms with Gasteiger partial charge in [0, 0.05) is 12.4 Å². The van der Waals surface area contributed by atoms with Crippen molar-refractivity contribution in [2.24, 2.45) is 0 Å². The number of hydrogen-bond acceptors (Lipinski definition) is 5. The fraction of sp³-hybridized carbons (Fsp3) is 0.429. The molecule has 0 bridgehead atoms. The third-order valence-electron chi connectivity index (χ3n) is 3.24. The molecule has 0 radical (unpaired) electrons. The largest absolute Gasteiger partial charge is 0.358 e. The SMILES string of the molecule is CCc1nnc(NC(C)c2ncc[nH]2)c(C#N)c1CC. The summed E-state index contributed by atoms with van der Waals surface area (Å²) in [5.41, 5.74) is 2.44. The van der Waals surface area contributed by atoms with Gasteiger partial charge in [-0.1, -0.05) is 13.8 Å². The molecular formula is C14H18N6. The van der Waals surface area contributed by atoms with Gasteiger partial charge in [0.1, 0.15) is 17.5 Å². The predicted octanol–water partition coefficient (Wildman–Crippen LogP) is 2.37. The van der Waals surface area contributed by atoms with Gasteiger partial charge in [-0.25, -0.2) is 4.98 Å². The van der Waals surface area contributed by atoms with Crippen LogP contribution in [0.5, 0.6) is 0 Å². The molecule has 104 valence electrons. The van der Waals surface area contributed by atoms with Crippen LogP contribution in [0.1, 0.15) is 49.5 Å². The van der Waals surface area contributed by atoms with E-state index in [1.165, 1.54) is 0 Å². The minimum atomic E-state index is -0.0661. The van der Waals surface area contributed by atoms with E-state index >= 15 is 0 Å². The standard InChI is InChI=1S/C14H18N6/c1-4-10-11(8-15)14(20-19-12(10)5-2)18-9(3)13-16-6-7-17-13/h6-7,9H,4-5H2,1-3H3,(H,16,17)(H,18,20). The summed E-state index contributed by atoms with van der Waals surface area (Å²) in [6.07, 6.45) is 5.01. The molecule has 2 aromatic rings. The molecule has 20 heavy (non-hydrogen) atoms. The number of aryl methyl sites for hydroxylation is 1. The van der Waals surface area contributed by atoms with Crippen molar-refractivity contribution in [2.45, 2.75) is 39.7 Å². The summed E-state index contributed by atoms with van der Waals surface area (Å²) >= 11 is 0. The van der Waals surface area contributed by atoms with Crippen molar-refractivity contribution in [3.05, 3.63) is 35.0 Å². The quantitative estimate of drug-likeness (QED) is 0.870. The zero-order chi connectivity index (χ0) is 14.5. The number of nitriles is 1. The van der Waals surface area contributed by atoms with Crippen LogP contribution in [-0.4, -0.2) is 20.2 Å². The molecule has 0 saturated carbocycles. The highest BCUT2D eigenvalue weighted by molar-refractivity contribution is 5.57. The van der Waals surface area contributed by atoms with Crippen molar-refractivity contribution < 1.29 is 0 Å². The molecule has 0 fully saturated rings. The van der Waals surface area contributed by atoms with E-state index in [0.717, 1.165) is 29.9 Å². The van der Waals surface area contributed by atoms with Gasteiger partial charge in [-0.05, 0) is 25.3 Å². The molecule has 0 aliphatic heterocycles. The highest BCUT2D eigenvalue weighted by Crippen LogP contribution is 2.23. The van der Waals surface area contributed by atoms with Crippen molar-refractivity contribution in [1.29, 1.82) is 5.26 Å². The average molecular weight is 270 g/mol. The average Bonchev–Trinajstić information content (AvgIpc) is 3.00. The number of aromatic nitrogens is 4. The lowest BCUT2D eigenvalue weighted by Crippen LogP contribution is -2.14. The molecule has 2 aromatic heterocycles. The maximum absolute atomic E-state index is 9.41. The van der Waals surface area contributed by atoms with E-state index in [-0.39, 0.29) is 6.04 Å². The second-order valence-electron chi connectivity index (χ2n) is 4.51. The Bertz CT molecular complexity index is 611. The molecule has 0 spiro atoms. The molecule has 0 aromatic carbocycles. The molecule has 1 atom stereocenters. The van der Waals surface area contributed by atoms with E-state index in [4.69, 9.17) is 0 Å². The van der Waals surface area contributed by atoms with Crippen molar-refractivity contribution >= 4 is 5.82 Å². The number of nitrogens with one attached hydrogen (secondary N) is 2. The number of imidazole rings is 1. The van der Waals surface area contributed by atoms with Gasteiger partial charge in [-0.3, -0.25) is 0 Å². The topological polar surface area (TPSA) is 90.3 Å². The van der Waals surface area contributed by atoms with Gasteiger partial charge in [0.2, 0.25) is 0 Å². The van der Waals surface area contributed by atoms with Crippen molar-refractivity contribution in [2.75, 3.05) is 5.32 Å². The summed E-state index contributed by atoms with van der Waals surface area (Å²) in [5.74, 6) is 1.32. The number of nitrogens with zero attached hydrogens (tertiary/aromatic N) is 4. The van der Waals surface area contributed by atoms with Crippen LogP contribution in [0.4, 0.5) is 5.82 Å². The lowest BCUT2D eigenvalue weighted by atomic mass is 10.0. The van der Waals surface area contributed by atoms with E-state index in [1.807, 2.05) is 20.8 Å². The van der Waals surface area contributed by atoms with Gasteiger partial charge in [0.25, 0.3) is 0 Å². The molecule has 0 saturated heterocycles. The van der Waals surface area contributed by atoms with E-state index < -0.39 is 0 Å². The Morgan fingerprint density at radius 1 is 1.35 bits per heavy atom. The molecule has 0 aliphatic carbocycles. The first-order chi connectivity index (χ1) is 9.71. The van der Waals surface area contributed by atoms with Crippen LogP contribution in [0.15, 0.2) is 12.4 Å². The van der Waals surface area contributed by atoms with E-state index in [1.54, 1.807) is 12.4 Å². The normalized spacial score (nSPS) is 11.9. The van der Waals surface area contributed by atoms with Crippen LogP contribution in [0.2, 0.25) is 0 Å². The van der Waals surface area contributed by atoms with Crippen molar-refractivity contribution in [3.8, 4) is 6.07 Å². The molecule has 6 nitrogen and oxygen atoms in total. The fourth-order valence-electron chi connectivity index (χ4n) is 2.18. The van der Waals surface area contributed by atoms with Crippen molar-refractivity contribution in [3.63, 3.8) is 0 Å². The van der Waals surface area contributed by atoms with E-state index in [2.05, 4.69) is 31.6 Å². The first-order valence-corrected chi connectivity index (χ1v) is 6.75. The van der Waals surface area contributed by atoms with Gasteiger partial charge < -0.3 is 10.3 Å². The minimum Gasteiger partial charge on any atom is -0.358 e. The number of H-pyrrole nitrogens is 1. The summed E-state index contributed by atoms with van der Waals surface area (Å²) in [7, 11) is 0. The van der Waals surface area contributed by atoms with Crippen LogP contribution in [0.25, 0.3) is 0 Å². The van der Waals surface area contributed by atoms with Gasteiger partial charge in [-0.2, -0.15) is 10.4 Å². The molecule has 0 amide bonds. The Morgan fingerprint density at radius 3 is 2.70 bits per heavy atom. The second kappa shape index (κ2) is 6.15. The summed E-state index contributed by atoms with van der Waals surface area (Å²) in [6.45, 7) is 6.00. The Morgan fingerprint density at radius 2 is 2.15 bits per heavy atom. The van der Waals surface area contributed by atoms with Crippen LogP contribution < -0.4 is 5.32 Å². The fourth-order valence-corrected chi connectivity index (χ4v) is 2.18. The summed E-state index contributed by atoms with van der Waals surface area (Å²) in [6, 6.07) is 2.18. The Balaban J connectivity index is 2.35. The Labute approximate surface area is 118 Å². The van der Waals surface area contributed by atoms with E-state index in [0.29, 0.717) is 11.4 Å². The minimum absolute atomic E-state index is 0.0661. The zero-order valence-corrected chi connectivity index (χ0v) is 11.9. The molecule has 0 aliphatic rings. The lowest BCUT2D eigenvalue weighted by molar-refractivity contribution is 0.786.